The Bertz CT molecular complexity index is 1080. The van der Waals surface area contributed by atoms with Crippen LogP contribution in [0.15, 0.2) is 40.2 Å². The number of anilines is 2. The number of fused-ring (bicyclic) bond motifs is 1. The van der Waals surface area contributed by atoms with Gasteiger partial charge >= 0.3 is 0 Å². The first-order valence-electron chi connectivity index (χ1n) is 10.1. The number of ether oxygens (including phenoxy) is 3. The van der Waals surface area contributed by atoms with Gasteiger partial charge in [-0.15, -0.1) is 0 Å². The first-order valence-corrected chi connectivity index (χ1v) is 10.9. The van der Waals surface area contributed by atoms with Gasteiger partial charge < -0.3 is 41.5 Å². The molecule has 1 atom stereocenters. The molecule has 0 aromatic heterocycles. The fraction of sp³-hybridized carbons (Fsp3) is 0.304. The van der Waals surface area contributed by atoms with Crippen molar-refractivity contribution in [3.05, 3.63) is 51.3 Å². The maximum absolute atomic E-state index is 9.71. The molecule has 1 aliphatic heterocycles. The van der Waals surface area contributed by atoms with Crippen LogP contribution in [0.4, 0.5) is 11.4 Å². The van der Waals surface area contributed by atoms with Crippen molar-refractivity contribution in [2.24, 2.45) is 11.5 Å². The van der Waals surface area contributed by atoms with Gasteiger partial charge in [0, 0.05) is 19.0 Å². The number of benzene rings is 2. The van der Waals surface area contributed by atoms with Gasteiger partial charge in [0.2, 0.25) is 5.88 Å². The van der Waals surface area contributed by atoms with Crippen molar-refractivity contribution in [3.63, 3.8) is 0 Å². The zero-order valence-electron chi connectivity index (χ0n) is 18.8. The normalized spacial score (nSPS) is 14.1. The van der Waals surface area contributed by atoms with Crippen LogP contribution in [0.2, 0.25) is 0 Å². The lowest BCUT2D eigenvalue weighted by Gasteiger charge is -2.28. The average molecular weight is 518 g/mol. The van der Waals surface area contributed by atoms with E-state index in [0.717, 1.165) is 23.8 Å². The summed E-state index contributed by atoms with van der Waals surface area (Å²) in [6, 6.07) is 9.56. The van der Waals surface area contributed by atoms with Gasteiger partial charge in [-0.25, -0.2) is 0 Å². The summed E-state index contributed by atoms with van der Waals surface area (Å²) >= 11 is 3.50. The van der Waals surface area contributed by atoms with Gasteiger partial charge in [-0.2, -0.15) is 5.26 Å². The Kier molecular flexibility index (Phi) is 9.39. The summed E-state index contributed by atoms with van der Waals surface area (Å²) in [5.74, 6) is 1.11. The smallest absolute Gasteiger partial charge is 0.205 e. The second kappa shape index (κ2) is 12.0. The quantitative estimate of drug-likeness (QED) is 0.245. The van der Waals surface area contributed by atoms with Gasteiger partial charge in [-0.1, -0.05) is 6.07 Å². The Labute approximate surface area is 201 Å². The van der Waals surface area contributed by atoms with Gasteiger partial charge in [0.05, 0.1) is 36.0 Å². The number of hydrogen-bond donors (Lipinski definition) is 4. The third-order valence-electron chi connectivity index (χ3n) is 5.01. The molecule has 0 bridgehead atoms. The van der Waals surface area contributed by atoms with Crippen LogP contribution in [0.5, 0.6) is 17.2 Å². The molecule has 7 N–H and O–H groups in total. The van der Waals surface area contributed by atoms with Crippen molar-refractivity contribution < 1.29 is 19.0 Å². The minimum Gasteiger partial charge on any atom is -0.493 e. The number of nitrogen functional groups attached to an aromatic ring is 1. The number of hydrogen-bond acceptors (Lipinski definition) is 9. The molecule has 3 rings (SSSR count). The van der Waals surface area contributed by atoms with Gasteiger partial charge in [0.25, 0.3) is 0 Å². The lowest BCUT2D eigenvalue weighted by molar-refractivity contribution is -0.107. The summed E-state index contributed by atoms with van der Waals surface area (Å²) in [6.45, 7) is 0.624. The first-order chi connectivity index (χ1) is 15.9. The molecule has 1 heterocycles. The Hall–Kier alpha value is -3.42. The number of allylic oxidation sites excluding steroid dienone is 1. The van der Waals surface area contributed by atoms with E-state index in [0.29, 0.717) is 51.6 Å². The highest BCUT2D eigenvalue weighted by Crippen LogP contribution is 2.49. The Balaban J connectivity index is 0.000000569. The zero-order chi connectivity index (χ0) is 24.5. The highest BCUT2D eigenvalue weighted by molar-refractivity contribution is 9.10. The van der Waals surface area contributed by atoms with Crippen LogP contribution >= 0.6 is 15.9 Å². The van der Waals surface area contributed by atoms with E-state index in [1.165, 1.54) is 0 Å². The van der Waals surface area contributed by atoms with Crippen LogP contribution in [-0.4, -0.2) is 34.1 Å². The topological polar surface area (TPSA) is 159 Å². The van der Waals surface area contributed by atoms with E-state index in [2.05, 4.69) is 27.3 Å². The molecule has 1 unspecified atom stereocenters. The number of aldehydes is 1. The summed E-state index contributed by atoms with van der Waals surface area (Å²) in [5, 5.41) is 12.7. The number of unbranched alkanes of at least 4 members (excludes halogenated alkanes) is 1. The predicted molar refractivity (Wildman–Crippen MR) is 131 cm³/mol. The monoisotopic (exact) mass is 517 g/mol. The fourth-order valence-electron chi connectivity index (χ4n) is 3.41. The number of nitrogens with zero attached hydrogens (tertiary/aromatic N) is 1. The lowest BCUT2D eigenvalue weighted by atomic mass is 9.83. The molecule has 0 saturated heterocycles. The number of nitrogens with one attached hydrogen (secondary N) is 1. The van der Waals surface area contributed by atoms with Gasteiger partial charge in [-0.05, 0) is 52.7 Å². The van der Waals surface area contributed by atoms with E-state index in [9.17, 15) is 10.1 Å². The SMILES string of the molecule is CNc1ccc2c(c1N)OC(N)=C(C#N)C2c1cc(Br)c(OC)c(OC)c1.NCCCC=O. The van der Waals surface area contributed by atoms with Gasteiger partial charge in [0.1, 0.15) is 17.9 Å². The molecule has 0 radical (unpaired) electrons. The Morgan fingerprint density at radius 2 is 2.00 bits per heavy atom. The highest BCUT2D eigenvalue weighted by atomic mass is 79.9. The number of nitrogens with two attached hydrogens (primary N) is 3. The molecule has 9 nitrogen and oxygen atoms in total. The molecule has 0 amide bonds. The van der Waals surface area contributed by atoms with E-state index >= 15 is 0 Å². The van der Waals surface area contributed by atoms with E-state index < -0.39 is 5.92 Å². The molecule has 0 aliphatic carbocycles. The molecular formula is C23H28BrN5O4. The van der Waals surface area contributed by atoms with Crippen LogP contribution in [0.3, 0.4) is 0 Å². The zero-order valence-corrected chi connectivity index (χ0v) is 20.4. The summed E-state index contributed by atoms with van der Waals surface area (Å²) in [6.07, 6.45) is 2.31. The molecule has 2 aromatic carbocycles. The van der Waals surface area contributed by atoms with Crippen molar-refractivity contribution in [1.29, 1.82) is 5.26 Å². The summed E-state index contributed by atoms with van der Waals surface area (Å²) in [4.78, 5) is 9.51. The third-order valence-corrected chi connectivity index (χ3v) is 5.60. The third kappa shape index (κ3) is 5.50. The number of rotatable bonds is 7. The second-order valence-corrected chi connectivity index (χ2v) is 7.81. The summed E-state index contributed by atoms with van der Waals surface area (Å²) in [5.41, 5.74) is 20.3. The molecule has 0 saturated carbocycles. The molecule has 0 spiro atoms. The molecule has 176 valence electrons. The minimum atomic E-state index is -0.455. The molecular weight excluding hydrogens is 490 g/mol. The van der Waals surface area contributed by atoms with E-state index in [1.54, 1.807) is 21.3 Å². The Morgan fingerprint density at radius 1 is 1.27 bits per heavy atom. The van der Waals surface area contributed by atoms with Crippen LogP contribution in [0, 0.1) is 11.3 Å². The van der Waals surface area contributed by atoms with Crippen molar-refractivity contribution in [3.8, 4) is 23.3 Å². The van der Waals surface area contributed by atoms with Gasteiger partial charge in [0.15, 0.2) is 17.2 Å². The molecule has 1 aliphatic rings. The maximum Gasteiger partial charge on any atom is 0.205 e. The highest BCUT2D eigenvalue weighted by Gasteiger charge is 2.33. The number of halogens is 1. The predicted octanol–water partition coefficient (Wildman–Crippen LogP) is 3.23. The minimum absolute atomic E-state index is 0.0286. The van der Waals surface area contributed by atoms with Crippen molar-refractivity contribution in [1.82, 2.24) is 0 Å². The van der Waals surface area contributed by atoms with Crippen LogP contribution in [0.1, 0.15) is 29.9 Å². The summed E-state index contributed by atoms with van der Waals surface area (Å²) in [7, 11) is 4.88. The van der Waals surface area contributed by atoms with Crippen molar-refractivity contribution >= 4 is 33.6 Å². The first kappa shape index (κ1) is 25.8. The van der Waals surface area contributed by atoms with Gasteiger partial charge in [-0.3, -0.25) is 0 Å². The lowest BCUT2D eigenvalue weighted by Crippen LogP contribution is -2.22. The molecule has 10 heteroatoms. The molecule has 2 aromatic rings. The Morgan fingerprint density at radius 3 is 2.52 bits per heavy atom. The number of carbonyl (C=O) groups is 1. The van der Waals surface area contributed by atoms with E-state index in [-0.39, 0.29) is 5.88 Å². The average Bonchev–Trinajstić information content (AvgIpc) is 2.82. The second-order valence-electron chi connectivity index (χ2n) is 6.96. The number of nitriles is 1. The standard InChI is InChI=1S/C19H19BrN4O3.C4H9NO/c1-24-13-5-4-10-15(11(8-21)19(23)27-17(10)16(13)22)9-6-12(20)18(26-3)14(7-9)25-2;5-3-1-2-4-6/h4-7,15,24H,22-23H2,1-3H3;4H,1-3,5H2. The largest absolute Gasteiger partial charge is 0.493 e. The maximum atomic E-state index is 9.71. The fourth-order valence-corrected chi connectivity index (χ4v) is 4.03. The van der Waals surface area contributed by atoms with Crippen molar-refractivity contribution in [2.75, 3.05) is 38.9 Å². The number of methoxy groups -OCH3 is 2. The molecule has 33 heavy (non-hydrogen) atoms. The summed E-state index contributed by atoms with van der Waals surface area (Å²) < 4.78 is 17.2. The van der Waals surface area contributed by atoms with E-state index in [4.69, 9.17) is 31.4 Å². The van der Waals surface area contributed by atoms with Crippen LogP contribution in [0.25, 0.3) is 0 Å². The van der Waals surface area contributed by atoms with Crippen LogP contribution in [-0.2, 0) is 4.79 Å². The van der Waals surface area contributed by atoms with Crippen LogP contribution < -0.4 is 36.7 Å². The van der Waals surface area contributed by atoms with E-state index in [1.807, 2.05) is 24.3 Å². The number of carbonyl (C=O) groups excluding carboxylic acids is 1. The molecule has 0 fully saturated rings. The van der Waals surface area contributed by atoms with Crippen molar-refractivity contribution in [2.45, 2.75) is 18.8 Å².